The van der Waals surface area contributed by atoms with Gasteiger partial charge in [0.05, 0.1) is 5.02 Å². The second kappa shape index (κ2) is 6.55. The highest BCUT2D eigenvalue weighted by Gasteiger charge is 2.07. The molecule has 0 aromatic carbocycles. The van der Waals surface area contributed by atoms with E-state index >= 15 is 0 Å². The van der Waals surface area contributed by atoms with Crippen LogP contribution in [0.1, 0.15) is 30.3 Å². The molecule has 1 amide bonds. The molecule has 1 heterocycles. The van der Waals surface area contributed by atoms with Crippen LogP contribution in [0.25, 0.3) is 0 Å². The minimum atomic E-state index is -0.149. The standard InChI is InChI=1S/C11H17ClN2O2/c1-8(7-15)3-2-4-13-11(16)10-5-9(12)6-14-10/h5-6,8,14-15H,2-4,7H2,1H3,(H,13,16). The average Bonchev–Trinajstić information content (AvgIpc) is 2.70. The predicted octanol–water partition coefficient (Wildman–Crippen LogP) is 1.81. The zero-order valence-corrected chi connectivity index (χ0v) is 10.0. The normalized spacial score (nSPS) is 12.4. The highest BCUT2D eigenvalue weighted by molar-refractivity contribution is 6.30. The summed E-state index contributed by atoms with van der Waals surface area (Å²) in [7, 11) is 0. The second-order valence-electron chi connectivity index (χ2n) is 3.92. The van der Waals surface area contributed by atoms with Crippen molar-refractivity contribution >= 4 is 17.5 Å². The third kappa shape index (κ3) is 4.24. The molecule has 0 fully saturated rings. The van der Waals surface area contributed by atoms with Gasteiger partial charge in [0, 0.05) is 19.3 Å². The molecule has 3 N–H and O–H groups in total. The lowest BCUT2D eigenvalue weighted by Gasteiger charge is -2.07. The molecule has 0 aliphatic carbocycles. The van der Waals surface area contributed by atoms with E-state index in [-0.39, 0.29) is 18.4 Å². The van der Waals surface area contributed by atoms with Crippen molar-refractivity contribution in [3.8, 4) is 0 Å². The summed E-state index contributed by atoms with van der Waals surface area (Å²) in [5, 5.41) is 12.1. The lowest BCUT2D eigenvalue weighted by Crippen LogP contribution is -2.25. The van der Waals surface area contributed by atoms with E-state index in [9.17, 15) is 4.79 Å². The molecular formula is C11H17ClN2O2. The largest absolute Gasteiger partial charge is 0.396 e. The van der Waals surface area contributed by atoms with Crippen LogP contribution < -0.4 is 5.32 Å². The molecular weight excluding hydrogens is 228 g/mol. The van der Waals surface area contributed by atoms with Crippen molar-refractivity contribution in [3.05, 3.63) is 23.0 Å². The first-order valence-corrected chi connectivity index (χ1v) is 5.74. The summed E-state index contributed by atoms with van der Waals surface area (Å²) in [5.41, 5.74) is 0.472. The van der Waals surface area contributed by atoms with Gasteiger partial charge in [-0.15, -0.1) is 0 Å². The molecule has 5 heteroatoms. The Morgan fingerprint density at radius 3 is 3.00 bits per heavy atom. The van der Waals surface area contributed by atoms with Crippen LogP contribution >= 0.6 is 11.6 Å². The fourth-order valence-corrected chi connectivity index (χ4v) is 1.50. The van der Waals surface area contributed by atoms with Crippen molar-refractivity contribution in [2.24, 2.45) is 5.92 Å². The molecule has 0 spiro atoms. The lowest BCUT2D eigenvalue weighted by atomic mass is 10.1. The van der Waals surface area contributed by atoms with Gasteiger partial charge in [0.25, 0.3) is 5.91 Å². The minimum absolute atomic E-state index is 0.149. The molecule has 0 saturated carbocycles. The first-order chi connectivity index (χ1) is 7.63. The third-order valence-corrected chi connectivity index (χ3v) is 2.58. The number of hydrogen-bond acceptors (Lipinski definition) is 2. The van der Waals surface area contributed by atoms with Gasteiger partial charge < -0.3 is 15.4 Å². The molecule has 0 aliphatic heterocycles. The highest BCUT2D eigenvalue weighted by Crippen LogP contribution is 2.09. The fourth-order valence-electron chi connectivity index (χ4n) is 1.34. The number of aromatic amines is 1. The third-order valence-electron chi connectivity index (χ3n) is 2.36. The van der Waals surface area contributed by atoms with Crippen LogP contribution in [0.5, 0.6) is 0 Å². The summed E-state index contributed by atoms with van der Waals surface area (Å²) >= 11 is 5.69. The van der Waals surface area contributed by atoms with Crippen LogP contribution in [0.2, 0.25) is 5.02 Å². The Hall–Kier alpha value is -1.00. The number of amides is 1. The molecule has 1 unspecified atom stereocenters. The Bertz CT molecular complexity index is 338. The summed E-state index contributed by atoms with van der Waals surface area (Å²) in [6, 6.07) is 1.59. The molecule has 1 atom stereocenters. The van der Waals surface area contributed by atoms with Crippen LogP contribution in [0.3, 0.4) is 0 Å². The second-order valence-corrected chi connectivity index (χ2v) is 4.35. The Kier molecular flexibility index (Phi) is 5.35. The number of halogens is 1. The minimum Gasteiger partial charge on any atom is -0.396 e. The van der Waals surface area contributed by atoms with Gasteiger partial charge in [0.2, 0.25) is 0 Å². The topological polar surface area (TPSA) is 65.1 Å². The van der Waals surface area contributed by atoms with E-state index in [1.165, 1.54) is 0 Å². The van der Waals surface area contributed by atoms with Crippen LogP contribution in [-0.4, -0.2) is 29.1 Å². The van der Waals surface area contributed by atoms with E-state index in [1.54, 1.807) is 12.3 Å². The van der Waals surface area contributed by atoms with Gasteiger partial charge in [-0.05, 0) is 24.8 Å². The average molecular weight is 245 g/mol. The Morgan fingerprint density at radius 2 is 2.44 bits per heavy atom. The van der Waals surface area contributed by atoms with Gasteiger partial charge in [-0.2, -0.15) is 0 Å². The number of aromatic nitrogens is 1. The monoisotopic (exact) mass is 244 g/mol. The summed E-state index contributed by atoms with van der Waals surface area (Å²) in [5.74, 6) is 0.139. The fraction of sp³-hybridized carbons (Fsp3) is 0.545. The van der Waals surface area contributed by atoms with Gasteiger partial charge in [-0.1, -0.05) is 18.5 Å². The van der Waals surface area contributed by atoms with E-state index in [1.807, 2.05) is 6.92 Å². The van der Waals surface area contributed by atoms with Crippen molar-refractivity contribution in [1.29, 1.82) is 0 Å². The summed E-state index contributed by atoms with van der Waals surface area (Å²) in [6.07, 6.45) is 3.34. The number of carbonyl (C=O) groups excluding carboxylic acids is 1. The quantitative estimate of drug-likeness (QED) is 0.669. The van der Waals surface area contributed by atoms with Crippen molar-refractivity contribution < 1.29 is 9.90 Å². The first-order valence-electron chi connectivity index (χ1n) is 5.36. The lowest BCUT2D eigenvalue weighted by molar-refractivity contribution is 0.0947. The predicted molar refractivity (Wildman–Crippen MR) is 63.6 cm³/mol. The summed E-state index contributed by atoms with van der Waals surface area (Å²) < 4.78 is 0. The highest BCUT2D eigenvalue weighted by atomic mass is 35.5. The van der Waals surface area contributed by atoms with E-state index < -0.39 is 0 Å². The Labute approximate surface area is 100 Å². The van der Waals surface area contributed by atoms with Crippen molar-refractivity contribution in [1.82, 2.24) is 10.3 Å². The Morgan fingerprint density at radius 1 is 1.69 bits per heavy atom. The SMILES string of the molecule is CC(CO)CCCNC(=O)c1cc(Cl)c[nH]1. The number of nitrogens with one attached hydrogen (secondary N) is 2. The smallest absolute Gasteiger partial charge is 0.267 e. The zero-order valence-electron chi connectivity index (χ0n) is 9.29. The number of H-pyrrole nitrogens is 1. The van der Waals surface area contributed by atoms with E-state index in [4.69, 9.17) is 16.7 Å². The Balaban J connectivity index is 2.21. The molecule has 0 bridgehead atoms. The summed E-state index contributed by atoms with van der Waals surface area (Å²) in [4.78, 5) is 14.3. The molecule has 0 radical (unpaired) electrons. The molecule has 1 aromatic rings. The molecule has 0 aliphatic rings. The molecule has 1 aromatic heterocycles. The molecule has 0 saturated heterocycles. The molecule has 90 valence electrons. The maximum atomic E-state index is 11.5. The number of hydrogen-bond donors (Lipinski definition) is 3. The molecule has 16 heavy (non-hydrogen) atoms. The molecule has 4 nitrogen and oxygen atoms in total. The van der Waals surface area contributed by atoms with Gasteiger partial charge >= 0.3 is 0 Å². The van der Waals surface area contributed by atoms with Gasteiger partial charge in [-0.25, -0.2) is 0 Å². The number of aliphatic hydroxyl groups excluding tert-OH is 1. The van der Waals surface area contributed by atoms with Gasteiger partial charge in [-0.3, -0.25) is 4.79 Å². The van der Waals surface area contributed by atoms with E-state index in [2.05, 4.69) is 10.3 Å². The van der Waals surface area contributed by atoms with Gasteiger partial charge in [0.15, 0.2) is 0 Å². The van der Waals surface area contributed by atoms with Gasteiger partial charge in [0.1, 0.15) is 5.69 Å². The number of aliphatic hydroxyl groups is 1. The van der Waals surface area contributed by atoms with Crippen LogP contribution in [0.15, 0.2) is 12.3 Å². The van der Waals surface area contributed by atoms with E-state index in [0.29, 0.717) is 17.3 Å². The van der Waals surface area contributed by atoms with Crippen LogP contribution in [0, 0.1) is 5.92 Å². The van der Waals surface area contributed by atoms with Crippen molar-refractivity contribution in [2.75, 3.05) is 13.2 Å². The van der Waals surface area contributed by atoms with Crippen molar-refractivity contribution in [2.45, 2.75) is 19.8 Å². The number of carbonyl (C=O) groups is 1. The zero-order chi connectivity index (χ0) is 12.0. The van der Waals surface area contributed by atoms with Crippen molar-refractivity contribution in [3.63, 3.8) is 0 Å². The van der Waals surface area contributed by atoms with Crippen LogP contribution in [-0.2, 0) is 0 Å². The van der Waals surface area contributed by atoms with Crippen LogP contribution in [0.4, 0.5) is 0 Å². The maximum absolute atomic E-state index is 11.5. The number of rotatable bonds is 6. The molecule has 1 rings (SSSR count). The van der Waals surface area contributed by atoms with E-state index in [0.717, 1.165) is 12.8 Å². The first kappa shape index (κ1) is 13.1. The maximum Gasteiger partial charge on any atom is 0.267 e. The summed E-state index contributed by atoms with van der Waals surface area (Å²) in [6.45, 7) is 2.78.